The van der Waals surface area contributed by atoms with E-state index in [1.54, 1.807) is 17.2 Å². The average molecular weight is 292 g/mol. The highest BCUT2D eigenvalue weighted by Crippen LogP contribution is 2.05. The lowest BCUT2D eigenvalue weighted by atomic mass is 10.1. The second-order valence-electron chi connectivity index (χ2n) is 4.94. The summed E-state index contributed by atoms with van der Waals surface area (Å²) in [5.74, 6) is 1.48. The first kappa shape index (κ1) is 15.2. The normalized spacial score (nSPS) is 12.3. The zero-order valence-electron chi connectivity index (χ0n) is 12.3. The van der Waals surface area contributed by atoms with Gasteiger partial charge in [-0.05, 0) is 25.5 Å². The summed E-state index contributed by atoms with van der Waals surface area (Å²) in [6.07, 6.45) is 4.87. The van der Waals surface area contributed by atoms with Crippen LogP contribution in [0.25, 0.3) is 0 Å². The molecule has 7 nitrogen and oxygen atoms in total. The van der Waals surface area contributed by atoms with Crippen LogP contribution in [0.4, 0.5) is 0 Å². The minimum Gasteiger partial charge on any atom is -0.469 e. The highest BCUT2D eigenvalue weighted by molar-refractivity contribution is 5.77. The van der Waals surface area contributed by atoms with E-state index >= 15 is 0 Å². The largest absolute Gasteiger partial charge is 0.469 e. The predicted molar refractivity (Wildman–Crippen MR) is 75.3 cm³/mol. The van der Waals surface area contributed by atoms with Gasteiger partial charge in [-0.3, -0.25) is 4.79 Å². The molecule has 0 fully saturated rings. The van der Waals surface area contributed by atoms with Crippen molar-refractivity contribution in [3.8, 4) is 0 Å². The van der Waals surface area contributed by atoms with Crippen molar-refractivity contribution in [1.82, 2.24) is 20.1 Å². The molecule has 21 heavy (non-hydrogen) atoms. The number of ether oxygens (including phenoxy) is 1. The molecule has 0 aliphatic rings. The van der Waals surface area contributed by atoms with Gasteiger partial charge in [0.1, 0.15) is 25.3 Å². The van der Waals surface area contributed by atoms with Gasteiger partial charge < -0.3 is 19.0 Å². The molecule has 2 aromatic rings. The standard InChI is InChI=1S/C14H20N4O3/c1-11(5-6-12-4-3-7-21-12)16-14(19)9-20-8-13-17-15-10-18(13)2/h3-4,7,10-11H,5-6,8-9H2,1-2H3,(H,16,19). The van der Waals surface area contributed by atoms with Crippen LogP contribution < -0.4 is 5.32 Å². The van der Waals surface area contributed by atoms with Gasteiger partial charge >= 0.3 is 0 Å². The number of rotatable bonds is 8. The monoisotopic (exact) mass is 292 g/mol. The van der Waals surface area contributed by atoms with Crippen LogP contribution in [0.3, 0.4) is 0 Å². The summed E-state index contributed by atoms with van der Waals surface area (Å²) in [7, 11) is 1.83. The van der Waals surface area contributed by atoms with Crippen molar-refractivity contribution in [2.45, 2.75) is 32.4 Å². The van der Waals surface area contributed by atoms with Gasteiger partial charge in [-0.2, -0.15) is 0 Å². The van der Waals surface area contributed by atoms with E-state index in [1.807, 2.05) is 26.1 Å². The number of furan rings is 1. The second-order valence-corrected chi connectivity index (χ2v) is 4.94. The summed E-state index contributed by atoms with van der Waals surface area (Å²) in [6, 6.07) is 3.86. The van der Waals surface area contributed by atoms with Crippen LogP contribution in [0.1, 0.15) is 24.9 Å². The van der Waals surface area contributed by atoms with Crippen molar-refractivity contribution in [3.63, 3.8) is 0 Å². The van der Waals surface area contributed by atoms with E-state index in [4.69, 9.17) is 9.15 Å². The van der Waals surface area contributed by atoms with Gasteiger partial charge in [-0.1, -0.05) is 0 Å². The Morgan fingerprint density at radius 1 is 1.57 bits per heavy atom. The van der Waals surface area contributed by atoms with Crippen LogP contribution in [0.15, 0.2) is 29.1 Å². The van der Waals surface area contributed by atoms with Gasteiger partial charge in [0.15, 0.2) is 5.82 Å². The van der Waals surface area contributed by atoms with Crippen LogP contribution >= 0.6 is 0 Å². The second kappa shape index (κ2) is 7.58. The van der Waals surface area contributed by atoms with Gasteiger partial charge in [0.05, 0.1) is 6.26 Å². The van der Waals surface area contributed by atoms with Crippen LogP contribution in [-0.4, -0.2) is 33.3 Å². The lowest BCUT2D eigenvalue weighted by Gasteiger charge is -2.13. The molecule has 1 N–H and O–H groups in total. The Labute approximate surface area is 123 Å². The molecule has 2 rings (SSSR count). The van der Waals surface area contributed by atoms with Crippen molar-refractivity contribution >= 4 is 5.91 Å². The zero-order valence-corrected chi connectivity index (χ0v) is 12.3. The molecule has 0 radical (unpaired) electrons. The SMILES string of the molecule is CC(CCc1ccco1)NC(=O)COCc1nncn1C. The molecule has 7 heteroatoms. The summed E-state index contributed by atoms with van der Waals surface area (Å²) < 4.78 is 12.3. The molecule has 0 spiro atoms. The fourth-order valence-electron chi connectivity index (χ4n) is 1.88. The quantitative estimate of drug-likeness (QED) is 0.786. The summed E-state index contributed by atoms with van der Waals surface area (Å²) >= 11 is 0. The molecule has 0 aromatic carbocycles. The first-order valence-corrected chi connectivity index (χ1v) is 6.87. The molecule has 2 heterocycles. The molecule has 1 atom stereocenters. The molecule has 0 saturated carbocycles. The maximum absolute atomic E-state index is 11.7. The summed E-state index contributed by atoms with van der Waals surface area (Å²) in [5.41, 5.74) is 0. The third-order valence-electron chi connectivity index (χ3n) is 3.08. The number of aromatic nitrogens is 3. The number of amides is 1. The van der Waals surface area contributed by atoms with Crippen molar-refractivity contribution in [3.05, 3.63) is 36.3 Å². The predicted octanol–water partition coefficient (Wildman–Crippen LogP) is 1.06. The molecular weight excluding hydrogens is 272 g/mol. The highest BCUT2D eigenvalue weighted by atomic mass is 16.5. The maximum Gasteiger partial charge on any atom is 0.246 e. The third-order valence-corrected chi connectivity index (χ3v) is 3.08. The Kier molecular flexibility index (Phi) is 5.51. The number of hydrogen-bond donors (Lipinski definition) is 1. The summed E-state index contributed by atoms with van der Waals surface area (Å²) in [4.78, 5) is 11.7. The molecule has 0 saturated heterocycles. The zero-order chi connectivity index (χ0) is 15.1. The van der Waals surface area contributed by atoms with Crippen molar-refractivity contribution in [2.24, 2.45) is 7.05 Å². The molecule has 0 aliphatic carbocycles. The van der Waals surface area contributed by atoms with Crippen LogP contribution in [0, 0.1) is 0 Å². The first-order chi connectivity index (χ1) is 10.1. The van der Waals surface area contributed by atoms with Crippen molar-refractivity contribution in [1.29, 1.82) is 0 Å². The van der Waals surface area contributed by atoms with E-state index in [2.05, 4.69) is 15.5 Å². The van der Waals surface area contributed by atoms with Gasteiger partial charge in [-0.15, -0.1) is 10.2 Å². The number of aryl methyl sites for hydroxylation is 2. The maximum atomic E-state index is 11.7. The number of carbonyl (C=O) groups is 1. The minimum absolute atomic E-state index is 0.0119. The molecule has 1 amide bonds. The fourth-order valence-corrected chi connectivity index (χ4v) is 1.88. The topological polar surface area (TPSA) is 82.2 Å². The molecule has 0 aliphatic heterocycles. The number of nitrogens with one attached hydrogen (secondary N) is 1. The Morgan fingerprint density at radius 3 is 3.10 bits per heavy atom. The Morgan fingerprint density at radius 2 is 2.43 bits per heavy atom. The van der Waals surface area contributed by atoms with Gasteiger partial charge in [0, 0.05) is 19.5 Å². The highest BCUT2D eigenvalue weighted by Gasteiger charge is 2.09. The van der Waals surface area contributed by atoms with E-state index in [-0.39, 0.29) is 25.2 Å². The van der Waals surface area contributed by atoms with E-state index < -0.39 is 0 Å². The van der Waals surface area contributed by atoms with E-state index in [0.717, 1.165) is 18.6 Å². The first-order valence-electron chi connectivity index (χ1n) is 6.87. The average Bonchev–Trinajstić information content (AvgIpc) is 3.09. The lowest BCUT2D eigenvalue weighted by molar-refractivity contribution is -0.126. The van der Waals surface area contributed by atoms with Crippen LogP contribution in [0.2, 0.25) is 0 Å². The summed E-state index contributed by atoms with van der Waals surface area (Å²) in [5, 5.41) is 10.5. The van der Waals surface area contributed by atoms with Crippen LogP contribution in [-0.2, 0) is 29.6 Å². The smallest absolute Gasteiger partial charge is 0.246 e. The van der Waals surface area contributed by atoms with Gasteiger partial charge in [0.25, 0.3) is 0 Å². The van der Waals surface area contributed by atoms with E-state index in [9.17, 15) is 4.79 Å². The number of hydrogen-bond acceptors (Lipinski definition) is 5. The van der Waals surface area contributed by atoms with Gasteiger partial charge in [-0.25, -0.2) is 0 Å². The fraction of sp³-hybridized carbons (Fsp3) is 0.500. The lowest BCUT2D eigenvalue weighted by Crippen LogP contribution is -2.35. The van der Waals surface area contributed by atoms with E-state index in [1.165, 1.54) is 0 Å². The molecule has 0 bridgehead atoms. The van der Waals surface area contributed by atoms with Crippen molar-refractivity contribution < 1.29 is 13.9 Å². The molecule has 1 unspecified atom stereocenters. The molecule has 2 aromatic heterocycles. The Bertz CT molecular complexity index is 550. The van der Waals surface area contributed by atoms with E-state index in [0.29, 0.717) is 5.82 Å². The third kappa shape index (κ3) is 5.03. The number of nitrogens with zero attached hydrogens (tertiary/aromatic N) is 3. The number of carbonyl (C=O) groups excluding carboxylic acids is 1. The van der Waals surface area contributed by atoms with Crippen LogP contribution in [0.5, 0.6) is 0 Å². The minimum atomic E-state index is -0.135. The Hall–Kier alpha value is -2.15. The molecular formula is C14H20N4O3. The molecule has 114 valence electrons. The van der Waals surface area contributed by atoms with Gasteiger partial charge in [0.2, 0.25) is 5.91 Å². The summed E-state index contributed by atoms with van der Waals surface area (Å²) in [6.45, 7) is 2.24. The van der Waals surface area contributed by atoms with Crippen molar-refractivity contribution in [2.75, 3.05) is 6.61 Å². The Balaban J connectivity index is 1.61.